The number of anilines is 2. The van der Waals surface area contributed by atoms with Gasteiger partial charge in [-0.25, -0.2) is 14.4 Å². The molecule has 7 nitrogen and oxygen atoms in total. The summed E-state index contributed by atoms with van der Waals surface area (Å²) in [6, 6.07) is 3.56. The van der Waals surface area contributed by atoms with Crippen LogP contribution in [0.5, 0.6) is 0 Å². The van der Waals surface area contributed by atoms with E-state index in [0.29, 0.717) is 12.6 Å². The maximum atomic E-state index is 13.9. The average Bonchev–Trinajstić information content (AvgIpc) is 2.66. The van der Waals surface area contributed by atoms with Crippen molar-refractivity contribution in [3.05, 3.63) is 53.6 Å². The molecule has 29 heavy (non-hydrogen) atoms. The molecule has 0 fully saturated rings. The van der Waals surface area contributed by atoms with Crippen molar-refractivity contribution >= 4 is 28.6 Å². The fourth-order valence-corrected chi connectivity index (χ4v) is 2.72. The molecule has 0 aliphatic rings. The van der Waals surface area contributed by atoms with Gasteiger partial charge in [-0.15, -0.1) is 0 Å². The van der Waals surface area contributed by atoms with Gasteiger partial charge in [0.1, 0.15) is 16.9 Å². The number of fused-ring (bicyclic) bond motifs is 1. The van der Waals surface area contributed by atoms with E-state index in [1.54, 1.807) is 7.05 Å². The minimum Gasteiger partial charge on any atom is -0.366 e. The molecule has 0 aliphatic heterocycles. The second-order valence-electron chi connectivity index (χ2n) is 6.08. The van der Waals surface area contributed by atoms with Crippen LogP contribution in [0.4, 0.5) is 29.2 Å². The van der Waals surface area contributed by atoms with Gasteiger partial charge in [0.15, 0.2) is 0 Å². The number of benzene rings is 1. The number of alkyl halides is 3. The van der Waals surface area contributed by atoms with Crippen LogP contribution >= 0.6 is 0 Å². The first-order chi connectivity index (χ1) is 13.7. The highest BCUT2D eigenvalue weighted by atomic mass is 19.4. The molecule has 2 aromatic heterocycles. The Bertz CT molecular complexity index is 1060. The van der Waals surface area contributed by atoms with Crippen LogP contribution in [-0.4, -0.2) is 41.0 Å². The summed E-state index contributed by atoms with van der Waals surface area (Å²) in [4.78, 5) is 25.4. The predicted octanol–water partition coefficient (Wildman–Crippen LogP) is 2.64. The van der Waals surface area contributed by atoms with Gasteiger partial charge in [-0.05, 0) is 31.3 Å². The summed E-state index contributed by atoms with van der Waals surface area (Å²) in [5, 5.41) is 2.86. The monoisotopic (exact) mass is 408 g/mol. The second kappa shape index (κ2) is 7.95. The van der Waals surface area contributed by atoms with Crippen molar-refractivity contribution in [1.82, 2.24) is 20.3 Å². The molecule has 0 radical (unpaired) electrons. The first-order valence-electron chi connectivity index (χ1n) is 8.42. The van der Waals surface area contributed by atoms with Crippen LogP contribution in [0, 0.1) is 5.82 Å². The Morgan fingerprint density at radius 1 is 1.24 bits per heavy atom. The highest BCUT2D eigenvalue weighted by Gasteiger charge is 2.32. The molecule has 0 unspecified atom stereocenters. The molecule has 3 N–H and O–H groups in total. The zero-order chi connectivity index (χ0) is 21.2. The minimum absolute atomic E-state index is 0.0259. The third-order valence-electron chi connectivity index (χ3n) is 4.08. The van der Waals surface area contributed by atoms with Gasteiger partial charge in [0.2, 0.25) is 5.95 Å². The quantitative estimate of drug-likeness (QED) is 0.609. The lowest BCUT2D eigenvalue weighted by molar-refractivity contribution is -0.137. The van der Waals surface area contributed by atoms with Crippen molar-refractivity contribution in [3.8, 4) is 0 Å². The third kappa shape index (κ3) is 4.40. The first kappa shape index (κ1) is 20.4. The number of halogens is 4. The number of carbonyl (C=O) groups is 1. The number of primary amides is 1. The van der Waals surface area contributed by atoms with Gasteiger partial charge in [-0.2, -0.15) is 13.2 Å². The van der Waals surface area contributed by atoms with Gasteiger partial charge in [0.05, 0.1) is 17.3 Å². The Morgan fingerprint density at radius 3 is 2.66 bits per heavy atom. The van der Waals surface area contributed by atoms with Gasteiger partial charge in [-0.3, -0.25) is 9.78 Å². The van der Waals surface area contributed by atoms with Gasteiger partial charge < -0.3 is 16.0 Å². The topological polar surface area (TPSA) is 97.0 Å². The van der Waals surface area contributed by atoms with E-state index in [2.05, 4.69) is 20.3 Å². The van der Waals surface area contributed by atoms with Crippen LogP contribution in [0.3, 0.4) is 0 Å². The number of nitrogens with zero attached hydrogens (tertiary/aromatic N) is 4. The Hall–Kier alpha value is -3.34. The van der Waals surface area contributed by atoms with E-state index < -0.39 is 23.5 Å². The zero-order valence-electron chi connectivity index (χ0n) is 15.2. The number of hydrogen-bond donors (Lipinski definition) is 2. The summed E-state index contributed by atoms with van der Waals surface area (Å²) >= 11 is 0. The summed E-state index contributed by atoms with van der Waals surface area (Å²) in [5.41, 5.74) is 4.65. The Morgan fingerprint density at radius 2 is 2.00 bits per heavy atom. The van der Waals surface area contributed by atoms with Crippen molar-refractivity contribution in [2.24, 2.45) is 5.73 Å². The summed E-state index contributed by atoms with van der Waals surface area (Å²) in [7, 11) is 1.65. The second-order valence-corrected chi connectivity index (χ2v) is 6.08. The molecule has 3 rings (SSSR count). The standard InChI is InChI=1S/C18H16F4N6O/c1-24-4-5-28(12-7-10(18(20,21)22)6-11(19)8-12)17-26-9-14-15(27-17)13(16(23)29)2-3-25-14/h2-3,6-9,24H,4-5H2,1H3,(H2,23,29). The number of likely N-dealkylation sites (N-methyl/N-ethyl adjacent to an activating group) is 1. The third-order valence-corrected chi connectivity index (χ3v) is 4.08. The molecular formula is C18H16F4N6O. The van der Waals surface area contributed by atoms with Crippen molar-refractivity contribution in [3.63, 3.8) is 0 Å². The van der Waals surface area contributed by atoms with Crippen LogP contribution in [0.15, 0.2) is 36.7 Å². The van der Waals surface area contributed by atoms with Gasteiger partial charge >= 0.3 is 6.18 Å². The first-order valence-corrected chi connectivity index (χ1v) is 8.42. The normalized spacial score (nSPS) is 11.6. The van der Waals surface area contributed by atoms with Crippen LogP contribution in [-0.2, 0) is 6.18 Å². The molecule has 0 atom stereocenters. The summed E-state index contributed by atoms with van der Waals surface area (Å²) in [5.74, 6) is -1.82. The number of hydrogen-bond acceptors (Lipinski definition) is 6. The smallest absolute Gasteiger partial charge is 0.366 e. The lowest BCUT2D eigenvalue weighted by atomic mass is 10.1. The molecule has 0 spiro atoms. The number of aromatic nitrogens is 3. The molecule has 1 amide bonds. The molecule has 0 saturated carbocycles. The Balaban J connectivity index is 2.16. The number of nitrogens with two attached hydrogens (primary N) is 1. The molecule has 1 aromatic carbocycles. The van der Waals surface area contributed by atoms with Crippen LogP contribution in [0.2, 0.25) is 0 Å². The highest BCUT2D eigenvalue weighted by Crippen LogP contribution is 2.34. The van der Waals surface area contributed by atoms with E-state index in [1.165, 1.54) is 23.4 Å². The fraction of sp³-hybridized carbons (Fsp3) is 0.222. The van der Waals surface area contributed by atoms with E-state index in [1.807, 2.05) is 0 Å². The summed E-state index contributed by atoms with van der Waals surface area (Å²) in [6.45, 7) is 0.476. The van der Waals surface area contributed by atoms with Crippen LogP contribution < -0.4 is 16.0 Å². The maximum absolute atomic E-state index is 13.9. The van der Waals surface area contributed by atoms with Crippen molar-refractivity contribution in [2.45, 2.75) is 6.18 Å². The molecule has 3 aromatic rings. The molecule has 11 heteroatoms. The average molecular weight is 408 g/mol. The highest BCUT2D eigenvalue weighted by molar-refractivity contribution is 6.03. The minimum atomic E-state index is -4.72. The molecule has 0 bridgehead atoms. The molecular weight excluding hydrogens is 392 g/mol. The molecule has 0 aliphatic carbocycles. The lowest BCUT2D eigenvalue weighted by Crippen LogP contribution is -2.28. The fourth-order valence-electron chi connectivity index (χ4n) is 2.72. The van der Waals surface area contributed by atoms with E-state index in [4.69, 9.17) is 5.73 Å². The number of carbonyl (C=O) groups excluding carboxylic acids is 1. The van der Waals surface area contributed by atoms with E-state index in [-0.39, 0.29) is 34.8 Å². The van der Waals surface area contributed by atoms with E-state index in [0.717, 1.165) is 12.1 Å². The summed E-state index contributed by atoms with van der Waals surface area (Å²) < 4.78 is 53.3. The van der Waals surface area contributed by atoms with E-state index >= 15 is 0 Å². The summed E-state index contributed by atoms with van der Waals surface area (Å²) in [6.07, 6.45) is -2.04. The molecule has 152 valence electrons. The Labute approximate surface area is 162 Å². The molecule has 0 saturated heterocycles. The Kier molecular flexibility index (Phi) is 5.59. The largest absolute Gasteiger partial charge is 0.416 e. The number of nitrogens with one attached hydrogen (secondary N) is 1. The van der Waals surface area contributed by atoms with Gasteiger partial charge in [-0.1, -0.05) is 0 Å². The van der Waals surface area contributed by atoms with Crippen molar-refractivity contribution < 1.29 is 22.4 Å². The lowest BCUT2D eigenvalue weighted by Gasteiger charge is -2.24. The maximum Gasteiger partial charge on any atom is 0.416 e. The van der Waals surface area contributed by atoms with E-state index in [9.17, 15) is 22.4 Å². The SMILES string of the molecule is CNCCN(c1cc(F)cc(C(F)(F)F)c1)c1ncc2nccc(C(N)=O)c2n1. The zero-order valence-corrected chi connectivity index (χ0v) is 15.2. The number of amides is 1. The number of rotatable bonds is 6. The van der Waals surface area contributed by atoms with Gasteiger partial charge in [0, 0.05) is 25.0 Å². The van der Waals surface area contributed by atoms with Crippen molar-refractivity contribution in [1.29, 1.82) is 0 Å². The van der Waals surface area contributed by atoms with Crippen LogP contribution in [0.1, 0.15) is 15.9 Å². The van der Waals surface area contributed by atoms with Gasteiger partial charge in [0.25, 0.3) is 5.91 Å². The number of pyridine rings is 1. The van der Waals surface area contributed by atoms with Crippen molar-refractivity contribution in [2.75, 3.05) is 25.0 Å². The molecule has 2 heterocycles. The predicted molar refractivity (Wildman–Crippen MR) is 98.2 cm³/mol. The van der Waals surface area contributed by atoms with Crippen LogP contribution in [0.25, 0.3) is 11.0 Å².